The molecule has 19 heavy (non-hydrogen) atoms. The summed E-state index contributed by atoms with van der Waals surface area (Å²) in [7, 11) is -3.41. The molecular formula is C12H18N2O2S3. The highest BCUT2D eigenvalue weighted by Crippen LogP contribution is 2.11. The number of benzene rings is 1. The molecule has 1 rings (SSSR count). The fourth-order valence-corrected chi connectivity index (χ4v) is 3.17. The highest BCUT2D eigenvalue weighted by atomic mass is 32.2. The number of nitrogens with one attached hydrogen (secondary N) is 1. The molecule has 4 nitrogen and oxygen atoms in total. The Morgan fingerprint density at radius 1 is 1.37 bits per heavy atom. The number of nitrogens with two attached hydrogens (primary N) is 1. The zero-order valence-corrected chi connectivity index (χ0v) is 13.2. The summed E-state index contributed by atoms with van der Waals surface area (Å²) in [5, 5.41) is 0. The topological polar surface area (TPSA) is 72.2 Å². The predicted octanol–water partition coefficient (Wildman–Crippen LogP) is 1.55. The number of thioether (sulfide) groups is 1. The molecule has 0 fully saturated rings. The SMILES string of the molecule is CSCCCNS(=O)(=O)c1ccc(CC(N)=S)cc1. The van der Waals surface area contributed by atoms with Gasteiger partial charge in [-0.05, 0) is 36.1 Å². The van der Waals surface area contributed by atoms with Gasteiger partial charge in [0.05, 0.1) is 9.88 Å². The van der Waals surface area contributed by atoms with Crippen LogP contribution in [0.25, 0.3) is 0 Å². The van der Waals surface area contributed by atoms with Crippen LogP contribution in [0.2, 0.25) is 0 Å². The Morgan fingerprint density at radius 3 is 2.53 bits per heavy atom. The van der Waals surface area contributed by atoms with Gasteiger partial charge in [-0.15, -0.1) is 0 Å². The maximum Gasteiger partial charge on any atom is 0.240 e. The normalized spacial score (nSPS) is 11.4. The molecule has 106 valence electrons. The Bertz CT molecular complexity index is 512. The van der Waals surface area contributed by atoms with Crippen LogP contribution < -0.4 is 10.5 Å². The van der Waals surface area contributed by atoms with E-state index in [-0.39, 0.29) is 4.90 Å². The van der Waals surface area contributed by atoms with E-state index in [0.717, 1.165) is 17.7 Å². The molecule has 0 aliphatic rings. The van der Waals surface area contributed by atoms with E-state index < -0.39 is 10.0 Å². The van der Waals surface area contributed by atoms with Gasteiger partial charge in [-0.1, -0.05) is 24.4 Å². The largest absolute Gasteiger partial charge is 0.393 e. The minimum Gasteiger partial charge on any atom is -0.393 e. The van der Waals surface area contributed by atoms with Crippen LogP contribution in [0.5, 0.6) is 0 Å². The Kier molecular flexibility index (Phi) is 6.78. The van der Waals surface area contributed by atoms with Crippen molar-refractivity contribution in [3.05, 3.63) is 29.8 Å². The fourth-order valence-electron chi connectivity index (χ4n) is 1.49. The van der Waals surface area contributed by atoms with Crippen LogP contribution in [0.3, 0.4) is 0 Å². The van der Waals surface area contributed by atoms with Gasteiger partial charge in [-0.25, -0.2) is 13.1 Å². The Morgan fingerprint density at radius 2 is 2.00 bits per heavy atom. The van der Waals surface area contributed by atoms with Crippen LogP contribution in [0, 0.1) is 0 Å². The third kappa shape index (κ3) is 5.90. The van der Waals surface area contributed by atoms with Crippen LogP contribution in [0.4, 0.5) is 0 Å². The number of thiocarbonyl (C=S) groups is 1. The molecule has 3 N–H and O–H groups in total. The third-order valence-electron chi connectivity index (χ3n) is 2.43. The zero-order valence-electron chi connectivity index (χ0n) is 10.8. The molecule has 0 saturated carbocycles. The van der Waals surface area contributed by atoms with Gasteiger partial charge in [0, 0.05) is 13.0 Å². The lowest BCUT2D eigenvalue weighted by Crippen LogP contribution is -2.25. The van der Waals surface area contributed by atoms with Crippen molar-refractivity contribution in [1.29, 1.82) is 0 Å². The van der Waals surface area contributed by atoms with Gasteiger partial charge in [0.1, 0.15) is 0 Å². The number of hydrogen-bond acceptors (Lipinski definition) is 4. The van der Waals surface area contributed by atoms with Crippen LogP contribution in [0.1, 0.15) is 12.0 Å². The van der Waals surface area contributed by atoms with Crippen molar-refractivity contribution < 1.29 is 8.42 Å². The van der Waals surface area contributed by atoms with Crippen LogP contribution in [-0.4, -0.2) is 32.0 Å². The second kappa shape index (κ2) is 7.84. The van der Waals surface area contributed by atoms with Crippen molar-refractivity contribution in [1.82, 2.24) is 4.72 Å². The first kappa shape index (κ1) is 16.4. The van der Waals surface area contributed by atoms with E-state index in [0.29, 0.717) is 18.0 Å². The summed E-state index contributed by atoms with van der Waals surface area (Å²) in [5.74, 6) is 0.940. The quantitative estimate of drug-likeness (QED) is 0.562. The van der Waals surface area contributed by atoms with E-state index in [2.05, 4.69) is 4.72 Å². The van der Waals surface area contributed by atoms with Gasteiger partial charge in [-0.2, -0.15) is 11.8 Å². The Labute approximate surface area is 124 Å². The molecule has 0 unspecified atom stereocenters. The molecule has 0 aromatic heterocycles. The van der Waals surface area contributed by atoms with Gasteiger partial charge in [0.25, 0.3) is 0 Å². The van der Waals surface area contributed by atoms with Crippen molar-refractivity contribution in [3.63, 3.8) is 0 Å². The summed E-state index contributed by atoms with van der Waals surface area (Å²) in [6, 6.07) is 6.61. The second-order valence-corrected chi connectivity index (χ2v) is 7.31. The molecule has 0 heterocycles. The standard InChI is InChI=1S/C12H18N2O2S3/c1-18-8-2-7-14-19(15,16)11-5-3-10(4-6-11)9-12(13)17/h3-6,14H,2,7-9H2,1H3,(H2,13,17). The lowest BCUT2D eigenvalue weighted by Gasteiger charge is -2.07. The van der Waals surface area contributed by atoms with Crippen molar-refractivity contribution in [2.75, 3.05) is 18.6 Å². The van der Waals surface area contributed by atoms with Gasteiger partial charge in [0.15, 0.2) is 0 Å². The highest BCUT2D eigenvalue weighted by Gasteiger charge is 2.12. The molecule has 0 spiro atoms. The Hall–Kier alpha value is -0.630. The molecule has 7 heteroatoms. The predicted molar refractivity (Wildman–Crippen MR) is 85.1 cm³/mol. The average Bonchev–Trinajstić information content (AvgIpc) is 2.35. The summed E-state index contributed by atoms with van der Waals surface area (Å²) in [6.45, 7) is 0.456. The van der Waals surface area contributed by atoms with Crippen molar-refractivity contribution in [2.45, 2.75) is 17.7 Å². The van der Waals surface area contributed by atoms with Crippen LogP contribution in [-0.2, 0) is 16.4 Å². The molecule has 0 bridgehead atoms. The summed E-state index contributed by atoms with van der Waals surface area (Å²) in [5.41, 5.74) is 6.35. The maximum atomic E-state index is 12.0. The minimum absolute atomic E-state index is 0.267. The molecule has 0 radical (unpaired) electrons. The molecule has 0 aliphatic heterocycles. The third-order valence-corrected chi connectivity index (χ3v) is 4.75. The molecule has 1 aromatic rings. The van der Waals surface area contributed by atoms with Gasteiger partial charge < -0.3 is 5.73 Å². The van der Waals surface area contributed by atoms with Gasteiger partial charge >= 0.3 is 0 Å². The zero-order chi connectivity index (χ0) is 14.3. The van der Waals surface area contributed by atoms with Crippen molar-refractivity contribution in [3.8, 4) is 0 Å². The first-order valence-corrected chi connectivity index (χ1v) is 9.10. The summed E-state index contributed by atoms with van der Waals surface area (Å²) >= 11 is 6.51. The van der Waals surface area contributed by atoms with Crippen molar-refractivity contribution >= 4 is 39.0 Å². The van der Waals surface area contributed by atoms with E-state index in [1.807, 2.05) is 6.26 Å². The summed E-state index contributed by atoms with van der Waals surface area (Å²) < 4.78 is 26.5. The molecular weight excluding hydrogens is 300 g/mol. The Balaban J connectivity index is 2.65. The first-order valence-electron chi connectivity index (χ1n) is 5.81. The van der Waals surface area contributed by atoms with E-state index in [9.17, 15) is 8.42 Å². The molecule has 0 amide bonds. The molecule has 0 aliphatic carbocycles. The number of rotatable bonds is 8. The van der Waals surface area contributed by atoms with Gasteiger partial charge in [-0.3, -0.25) is 0 Å². The molecule has 1 aromatic carbocycles. The second-order valence-electron chi connectivity index (χ2n) is 4.03. The summed E-state index contributed by atoms with van der Waals surface area (Å²) in [4.78, 5) is 0.661. The number of sulfonamides is 1. The van der Waals surface area contributed by atoms with E-state index in [4.69, 9.17) is 18.0 Å². The van der Waals surface area contributed by atoms with Crippen molar-refractivity contribution in [2.24, 2.45) is 5.73 Å². The first-order chi connectivity index (χ1) is 8.95. The molecule has 0 saturated heterocycles. The van der Waals surface area contributed by atoms with Crippen LogP contribution in [0.15, 0.2) is 29.2 Å². The molecule has 0 atom stereocenters. The smallest absolute Gasteiger partial charge is 0.240 e. The lowest BCUT2D eigenvalue weighted by molar-refractivity contribution is 0.581. The monoisotopic (exact) mass is 318 g/mol. The van der Waals surface area contributed by atoms with E-state index in [1.165, 1.54) is 0 Å². The minimum atomic E-state index is -3.41. The lowest BCUT2D eigenvalue weighted by atomic mass is 10.1. The maximum absolute atomic E-state index is 12.0. The number of hydrogen-bond donors (Lipinski definition) is 2. The van der Waals surface area contributed by atoms with Gasteiger partial charge in [0.2, 0.25) is 10.0 Å². The average molecular weight is 318 g/mol. The van der Waals surface area contributed by atoms with E-state index in [1.54, 1.807) is 36.0 Å². The van der Waals surface area contributed by atoms with E-state index >= 15 is 0 Å². The fraction of sp³-hybridized carbons (Fsp3) is 0.417. The summed E-state index contributed by atoms with van der Waals surface area (Å²) in [6.07, 6.45) is 3.30. The van der Waals surface area contributed by atoms with Crippen LogP contribution >= 0.6 is 24.0 Å². The highest BCUT2D eigenvalue weighted by molar-refractivity contribution is 7.98.